The Hall–Kier alpha value is -2.65. The molecule has 1 aromatic carbocycles. The maximum atomic E-state index is 12.1. The third-order valence-electron chi connectivity index (χ3n) is 3.00. The number of halogens is 2. The van der Waals surface area contributed by atoms with Crippen molar-refractivity contribution in [2.45, 2.75) is 0 Å². The maximum Gasteiger partial charge on any atom is 0.340 e. The van der Waals surface area contributed by atoms with E-state index in [0.29, 0.717) is 9.50 Å². The maximum absolute atomic E-state index is 12.1. The van der Waals surface area contributed by atoms with Crippen molar-refractivity contribution in [3.05, 3.63) is 57.3 Å². The molecule has 0 radical (unpaired) electrons. The van der Waals surface area contributed by atoms with Crippen molar-refractivity contribution in [1.29, 1.82) is 0 Å². The van der Waals surface area contributed by atoms with Gasteiger partial charge in [-0.25, -0.2) is 4.79 Å². The van der Waals surface area contributed by atoms with E-state index in [0.717, 1.165) is 0 Å². The summed E-state index contributed by atoms with van der Waals surface area (Å²) >= 11 is 9.02. The van der Waals surface area contributed by atoms with Crippen LogP contribution in [0.3, 0.4) is 0 Å². The van der Waals surface area contributed by atoms with Crippen LogP contribution in [0.15, 0.2) is 41.1 Å². The minimum Gasteiger partial charge on any atom is -0.496 e. The van der Waals surface area contributed by atoms with Crippen LogP contribution in [0.1, 0.15) is 20.7 Å². The first kappa shape index (κ1) is 19.7. The highest BCUT2D eigenvalue weighted by molar-refractivity contribution is 9.10. The number of nitrogens with zero attached hydrogens (tertiary/aromatic N) is 1. The smallest absolute Gasteiger partial charge is 0.340 e. The van der Waals surface area contributed by atoms with Gasteiger partial charge in [0.1, 0.15) is 5.75 Å². The number of benzene rings is 1. The molecule has 10 heteroatoms. The lowest BCUT2D eigenvalue weighted by Crippen LogP contribution is -2.43. The van der Waals surface area contributed by atoms with Crippen molar-refractivity contribution in [1.82, 2.24) is 15.8 Å². The van der Waals surface area contributed by atoms with E-state index in [2.05, 4.69) is 31.8 Å². The van der Waals surface area contributed by atoms with Gasteiger partial charge in [0.25, 0.3) is 11.8 Å². The fraction of sp³-hybridized carbons (Fsp3) is 0.125. The third kappa shape index (κ3) is 5.43. The van der Waals surface area contributed by atoms with E-state index < -0.39 is 24.4 Å². The highest BCUT2D eigenvalue weighted by Gasteiger charge is 2.15. The van der Waals surface area contributed by atoms with E-state index in [9.17, 15) is 14.4 Å². The molecule has 0 bridgehead atoms. The first-order valence-electron chi connectivity index (χ1n) is 7.11. The molecule has 0 spiro atoms. The number of nitrogens with one attached hydrogen (secondary N) is 2. The predicted molar refractivity (Wildman–Crippen MR) is 95.8 cm³/mol. The summed E-state index contributed by atoms with van der Waals surface area (Å²) in [6, 6.07) is 5.97. The molecule has 2 aromatic rings. The van der Waals surface area contributed by atoms with Crippen molar-refractivity contribution in [2.75, 3.05) is 13.7 Å². The van der Waals surface area contributed by atoms with E-state index in [1.54, 1.807) is 6.07 Å². The summed E-state index contributed by atoms with van der Waals surface area (Å²) in [6.07, 6.45) is 2.81. The molecule has 0 aliphatic rings. The fourth-order valence-corrected chi connectivity index (χ4v) is 2.36. The lowest BCUT2D eigenvalue weighted by molar-refractivity contribution is -0.125. The molecule has 0 aliphatic carbocycles. The van der Waals surface area contributed by atoms with Crippen molar-refractivity contribution in [3.8, 4) is 5.75 Å². The lowest BCUT2D eigenvalue weighted by Gasteiger charge is -2.11. The molecule has 1 aromatic heterocycles. The summed E-state index contributed by atoms with van der Waals surface area (Å²) < 4.78 is 10.5. The molecule has 1 heterocycles. The van der Waals surface area contributed by atoms with Gasteiger partial charge in [-0.05, 0) is 40.2 Å². The zero-order valence-electron chi connectivity index (χ0n) is 13.4. The molecule has 2 N–H and O–H groups in total. The molecule has 0 saturated heterocycles. The van der Waals surface area contributed by atoms with Gasteiger partial charge in [0, 0.05) is 21.9 Å². The fourth-order valence-electron chi connectivity index (χ4n) is 1.83. The highest BCUT2D eigenvalue weighted by Crippen LogP contribution is 2.22. The summed E-state index contributed by atoms with van der Waals surface area (Å²) in [5.41, 5.74) is 4.63. The molecule has 0 aliphatic heterocycles. The van der Waals surface area contributed by atoms with Gasteiger partial charge in [0.15, 0.2) is 6.61 Å². The Morgan fingerprint density at radius 1 is 1.19 bits per heavy atom. The number of ether oxygens (including phenoxy) is 2. The molecule has 2 rings (SSSR count). The second-order valence-corrected chi connectivity index (χ2v) is 6.17. The predicted octanol–water partition coefficient (Wildman–Crippen LogP) is 2.12. The molecular formula is C16H13BrClN3O5. The average molecular weight is 443 g/mol. The highest BCUT2D eigenvalue weighted by atomic mass is 79.9. The standard InChI is InChI=1S/C16H13BrClN3O5/c1-25-13-3-2-11(18)5-12(13)15(23)21-20-14(22)8-26-16(24)9-4-10(17)7-19-6-9/h2-7H,8H2,1H3,(H,20,22)(H,21,23). The van der Waals surface area contributed by atoms with Crippen LogP contribution in [0.5, 0.6) is 5.75 Å². The summed E-state index contributed by atoms with van der Waals surface area (Å²) in [7, 11) is 1.40. The molecule has 0 atom stereocenters. The first-order valence-corrected chi connectivity index (χ1v) is 8.28. The van der Waals surface area contributed by atoms with Crippen LogP contribution in [0.25, 0.3) is 0 Å². The van der Waals surface area contributed by atoms with E-state index in [1.165, 1.54) is 37.7 Å². The molecule has 136 valence electrons. The van der Waals surface area contributed by atoms with Gasteiger partial charge in [0.05, 0.1) is 18.2 Å². The third-order valence-corrected chi connectivity index (χ3v) is 3.67. The number of amides is 2. The minimum absolute atomic E-state index is 0.137. The quantitative estimate of drug-likeness (QED) is 0.543. The number of hydrogen-bond donors (Lipinski definition) is 2. The second-order valence-electron chi connectivity index (χ2n) is 4.81. The van der Waals surface area contributed by atoms with Crippen LogP contribution in [-0.4, -0.2) is 36.5 Å². The van der Waals surface area contributed by atoms with Gasteiger partial charge in [-0.2, -0.15) is 0 Å². The SMILES string of the molecule is COc1ccc(Cl)cc1C(=O)NNC(=O)COC(=O)c1cncc(Br)c1. The van der Waals surface area contributed by atoms with Crippen molar-refractivity contribution in [3.63, 3.8) is 0 Å². The van der Waals surface area contributed by atoms with E-state index >= 15 is 0 Å². The Labute approximate surface area is 161 Å². The summed E-state index contributed by atoms with van der Waals surface area (Å²) in [4.78, 5) is 39.4. The number of hydrogen-bond acceptors (Lipinski definition) is 6. The summed E-state index contributed by atoms with van der Waals surface area (Å²) in [5.74, 6) is -1.80. The minimum atomic E-state index is -0.726. The Balaban J connectivity index is 1.86. The van der Waals surface area contributed by atoms with Crippen molar-refractivity contribution in [2.24, 2.45) is 0 Å². The van der Waals surface area contributed by atoms with E-state index in [4.69, 9.17) is 21.1 Å². The van der Waals surface area contributed by atoms with Gasteiger partial charge in [-0.3, -0.25) is 25.4 Å². The average Bonchev–Trinajstić information content (AvgIpc) is 2.64. The van der Waals surface area contributed by atoms with Gasteiger partial charge in [0.2, 0.25) is 0 Å². The number of hydrazine groups is 1. The van der Waals surface area contributed by atoms with E-state index in [-0.39, 0.29) is 16.9 Å². The number of carbonyl (C=O) groups excluding carboxylic acids is 3. The van der Waals surface area contributed by atoms with Crippen LogP contribution >= 0.6 is 27.5 Å². The van der Waals surface area contributed by atoms with Crippen molar-refractivity contribution >= 4 is 45.3 Å². The number of carbonyl (C=O) groups is 3. The van der Waals surface area contributed by atoms with Crippen LogP contribution in [0.4, 0.5) is 0 Å². The summed E-state index contributed by atoms with van der Waals surface area (Å²) in [5, 5.41) is 0.332. The Kier molecular flexibility index (Phi) is 6.93. The number of methoxy groups -OCH3 is 1. The van der Waals surface area contributed by atoms with Crippen molar-refractivity contribution < 1.29 is 23.9 Å². The molecule has 0 saturated carbocycles. The molecule has 2 amide bonds. The lowest BCUT2D eigenvalue weighted by atomic mass is 10.2. The second kappa shape index (κ2) is 9.16. The Morgan fingerprint density at radius 2 is 1.96 bits per heavy atom. The van der Waals surface area contributed by atoms with Crippen LogP contribution in [0, 0.1) is 0 Å². The zero-order valence-corrected chi connectivity index (χ0v) is 15.8. The Morgan fingerprint density at radius 3 is 2.65 bits per heavy atom. The molecule has 0 fully saturated rings. The number of esters is 1. The van der Waals surface area contributed by atoms with Gasteiger partial charge in [-0.1, -0.05) is 11.6 Å². The summed E-state index contributed by atoms with van der Waals surface area (Å²) in [6.45, 7) is -0.585. The zero-order chi connectivity index (χ0) is 19.1. The first-order chi connectivity index (χ1) is 12.4. The van der Waals surface area contributed by atoms with Crippen LogP contribution < -0.4 is 15.6 Å². The Bertz CT molecular complexity index is 846. The molecule has 8 nitrogen and oxygen atoms in total. The molecular weight excluding hydrogens is 430 g/mol. The van der Waals surface area contributed by atoms with Gasteiger partial charge >= 0.3 is 5.97 Å². The molecule has 0 unspecified atom stereocenters. The normalized spacial score (nSPS) is 9.96. The van der Waals surface area contributed by atoms with Crippen LogP contribution in [0.2, 0.25) is 5.02 Å². The topological polar surface area (TPSA) is 107 Å². The van der Waals surface area contributed by atoms with Gasteiger partial charge in [-0.15, -0.1) is 0 Å². The largest absolute Gasteiger partial charge is 0.496 e. The number of aromatic nitrogens is 1. The van der Waals surface area contributed by atoms with E-state index in [1.807, 2.05) is 0 Å². The number of pyridine rings is 1. The monoisotopic (exact) mass is 441 g/mol. The number of rotatable bonds is 5. The molecule has 26 heavy (non-hydrogen) atoms. The van der Waals surface area contributed by atoms with Gasteiger partial charge < -0.3 is 9.47 Å². The van der Waals surface area contributed by atoms with Crippen LogP contribution in [-0.2, 0) is 9.53 Å².